The van der Waals surface area contributed by atoms with E-state index in [0.29, 0.717) is 18.7 Å². The van der Waals surface area contributed by atoms with E-state index in [-0.39, 0.29) is 12.0 Å². The largest absolute Gasteiger partial charge is 0.335 e. The number of carbonyl (C=O) groups is 1. The highest BCUT2D eigenvalue weighted by molar-refractivity contribution is 5.98. The van der Waals surface area contributed by atoms with E-state index in [1.54, 1.807) is 0 Å². The Kier molecular flexibility index (Phi) is 3.69. The maximum Gasteiger partial charge on any atom is 0.285 e. The van der Waals surface area contributed by atoms with E-state index in [2.05, 4.69) is 0 Å². The Labute approximate surface area is 114 Å². The third kappa shape index (κ3) is 2.48. The number of nitro groups is 1. The summed E-state index contributed by atoms with van der Waals surface area (Å²) >= 11 is 0. The van der Waals surface area contributed by atoms with E-state index >= 15 is 0 Å². The molecule has 2 unspecified atom stereocenters. The number of benzene rings is 1. The minimum Gasteiger partial charge on any atom is -0.335 e. The predicted molar refractivity (Wildman–Crippen MR) is 67.3 cm³/mol. The molecule has 5 nitrogen and oxygen atoms in total. The molecule has 0 saturated carbocycles. The van der Waals surface area contributed by atoms with Gasteiger partial charge in [0.15, 0.2) is 11.6 Å². The molecule has 1 amide bonds. The van der Waals surface area contributed by atoms with Gasteiger partial charge in [0.25, 0.3) is 11.6 Å². The molecule has 1 saturated heterocycles. The fourth-order valence-corrected chi connectivity index (χ4v) is 2.60. The number of nitrogens with zero attached hydrogens (tertiary/aromatic N) is 2. The van der Waals surface area contributed by atoms with Crippen molar-refractivity contribution >= 4 is 11.6 Å². The Morgan fingerprint density at radius 1 is 1.35 bits per heavy atom. The van der Waals surface area contributed by atoms with Crippen LogP contribution in [0.4, 0.5) is 14.5 Å². The van der Waals surface area contributed by atoms with Crippen molar-refractivity contribution in [3.05, 3.63) is 39.4 Å². The molecule has 0 spiro atoms. The molecule has 1 fully saturated rings. The molecule has 2 atom stereocenters. The summed E-state index contributed by atoms with van der Waals surface area (Å²) in [4.78, 5) is 23.8. The first-order valence-electron chi connectivity index (χ1n) is 6.25. The average Bonchev–Trinajstić information content (AvgIpc) is 2.70. The number of carbonyl (C=O) groups excluding carboxylic acids is 1. The zero-order valence-electron chi connectivity index (χ0n) is 11.1. The van der Waals surface area contributed by atoms with Gasteiger partial charge in [0.05, 0.1) is 11.0 Å². The van der Waals surface area contributed by atoms with Crippen molar-refractivity contribution in [1.29, 1.82) is 0 Å². The molecule has 1 aliphatic rings. The van der Waals surface area contributed by atoms with E-state index in [1.165, 1.54) is 4.90 Å². The minimum absolute atomic E-state index is 0.0785. The fourth-order valence-electron chi connectivity index (χ4n) is 2.60. The molecule has 0 N–H and O–H groups in total. The Hall–Kier alpha value is -2.05. The molecule has 2 rings (SSSR count). The third-order valence-electron chi connectivity index (χ3n) is 3.51. The third-order valence-corrected chi connectivity index (χ3v) is 3.51. The Morgan fingerprint density at radius 3 is 2.45 bits per heavy atom. The number of likely N-dealkylation sites (tertiary alicyclic amines) is 1. The molecule has 1 aliphatic heterocycles. The van der Waals surface area contributed by atoms with Crippen molar-refractivity contribution in [3.8, 4) is 0 Å². The van der Waals surface area contributed by atoms with Crippen molar-refractivity contribution in [2.24, 2.45) is 5.92 Å². The summed E-state index contributed by atoms with van der Waals surface area (Å²) in [5.41, 5.74) is -1.12. The highest BCUT2D eigenvalue weighted by Gasteiger charge is 2.34. The van der Waals surface area contributed by atoms with Gasteiger partial charge in [0, 0.05) is 12.6 Å². The van der Waals surface area contributed by atoms with E-state index < -0.39 is 33.7 Å². The van der Waals surface area contributed by atoms with Gasteiger partial charge in [0.1, 0.15) is 5.56 Å². The van der Waals surface area contributed by atoms with Crippen LogP contribution in [0.15, 0.2) is 12.1 Å². The topological polar surface area (TPSA) is 63.5 Å². The van der Waals surface area contributed by atoms with E-state index in [4.69, 9.17) is 0 Å². The molecule has 20 heavy (non-hydrogen) atoms. The summed E-state index contributed by atoms with van der Waals surface area (Å²) in [6.45, 7) is 4.24. The van der Waals surface area contributed by atoms with Crippen molar-refractivity contribution in [3.63, 3.8) is 0 Å². The normalized spacial score (nSPS) is 22.1. The zero-order valence-corrected chi connectivity index (χ0v) is 11.1. The van der Waals surface area contributed by atoms with Gasteiger partial charge in [-0.05, 0) is 25.3 Å². The second-order valence-electron chi connectivity index (χ2n) is 5.19. The Balaban J connectivity index is 2.44. The predicted octanol–water partition coefficient (Wildman–Crippen LogP) is 2.74. The summed E-state index contributed by atoms with van der Waals surface area (Å²) in [5, 5.41) is 10.9. The number of hydrogen-bond donors (Lipinski definition) is 0. The highest BCUT2D eigenvalue weighted by Crippen LogP contribution is 2.28. The molecular formula is C13H14F2N2O3. The quantitative estimate of drug-likeness (QED) is 0.619. The van der Waals surface area contributed by atoms with E-state index in [0.717, 1.165) is 6.42 Å². The summed E-state index contributed by atoms with van der Waals surface area (Å²) in [6.07, 6.45) is 0.781. The summed E-state index contributed by atoms with van der Waals surface area (Å²) in [7, 11) is 0. The monoisotopic (exact) mass is 284 g/mol. The Morgan fingerprint density at radius 2 is 1.95 bits per heavy atom. The molecule has 108 valence electrons. The summed E-state index contributed by atoms with van der Waals surface area (Å²) in [6, 6.07) is 0.975. The molecule has 0 bridgehead atoms. The van der Waals surface area contributed by atoms with Gasteiger partial charge in [-0.3, -0.25) is 14.9 Å². The molecule has 7 heteroatoms. The molecule has 0 aliphatic carbocycles. The lowest BCUT2D eigenvalue weighted by Crippen LogP contribution is -2.34. The smallest absolute Gasteiger partial charge is 0.285 e. The summed E-state index contributed by atoms with van der Waals surface area (Å²) < 4.78 is 26.4. The number of rotatable bonds is 2. The lowest BCUT2D eigenvalue weighted by atomic mass is 10.1. The maximum atomic E-state index is 13.3. The number of amides is 1. The number of hydrogen-bond acceptors (Lipinski definition) is 3. The van der Waals surface area contributed by atoms with Gasteiger partial charge in [-0.15, -0.1) is 0 Å². The maximum absolute atomic E-state index is 13.3. The molecule has 0 radical (unpaired) electrons. The van der Waals surface area contributed by atoms with Crippen LogP contribution >= 0.6 is 0 Å². The lowest BCUT2D eigenvalue weighted by Gasteiger charge is -2.21. The van der Waals surface area contributed by atoms with Gasteiger partial charge in [-0.1, -0.05) is 6.92 Å². The zero-order chi connectivity index (χ0) is 15.0. The van der Waals surface area contributed by atoms with Crippen LogP contribution < -0.4 is 0 Å². The van der Waals surface area contributed by atoms with Crippen LogP contribution in [0.2, 0.25) is 0 Å². The average molecular weight is 284 g/mol. The second-order valence-corrected chi connectivity index (χ2v) is 5.19. The van der Waals surface area contributed by atoms with Gasteiger partial charge in [0.2, 0.25) is 0 Å². The van der Waals surface area contributed by atoms with Gasteiger partial charge in [-0.25, -0.2) is 8.78 Å². The first-order valence-corrected chi connectivity index (χ1v) is 6.25. The minimum atomic E-state index is -1.34. The molecule has 0 aromatic heterocycles. The first kappa shape index (κ1) is 14.4. The van der Waals surface area contributed by atoms with Gasteiger partial charge >= 0.3 is 0 Å². The molecular weight excluding hydrogens is 270 g/mol. The fraction of sp³-hybridized carbons (Fsp3) is 0.462. The second kappa shape index (κ2) is 5.15. The van der Waals surface area contributed by atoms with E-state index in [9.17, 15) is 23.7 Å². The van der Waals surface area contributed by atoms with E-state index in [1.807, 2.05) is 13.8 Å². The number of halogens is 2. The summed E-state index contributed by atoms with van der Waals surface area (Å²) in [5.74, 6) is -2.96. The van der Waals surface area contributed by atoms with Gasteiger partial charge < -0.3 is 4.90 Å². The molecule has 1 aromatic carbocycles. The van der Waals surface area contributed by atoms with Crippen molar-refractivity contribution in [1.82, 2.24) is 4.90 Å². The van der Waals surface area contributed by atoms with Crippen molar-refractivity contribution < 1.29 is 18.5 Å². The van der Waals surface area contributed by atoms with Crippen molar-refractivity contribution in [2.45, 2.75) is 26.3 Å². The van der Waals surface area contributed by atoms with Crippen LogP contribution in [0.1, 0.15) is 30.6 Å². The molecule has 1 aromatic rings. The van der Waals surface area contributed by atoms with Crippen LogP contribution in [0.3, 0.4) is 0 Å². The number of nitro benzene ring substituents is 1. The van der Waals surface area contributed by atoms with Crippen molar-refractivity contribution in [2.75, 3.05) is 6.54 Å². The lowest BCUT2D eigenvalue weighted by molar-refractivity contribution is -0.385. The highest BCUT2D eigenvalue weighted by atomic mass is 19.2. The first-order chi connectivity index (χ1) is 9.31. The van der Waals surface area contributed by atoms with Crippen LogP contribution in [-0.2, 0) is 0 Å². The Bertz CT molecular complexity index is 577. The molecule has 1 heterocycles. The van der Waals surface area contributed by atoms with Crippen LogP contribution in [0, 0.1) is 27.7 Å². The van der Waals surface area contributed by atoms with Gasteiger partial charge in [-0.2, -0.15) is 0 Å². The van der Waals surface area contributed by atoms with Crippen LogP contribution in [-0.4, -0.2) is 28.3 Å². The standard InChI is InChI=1S/C13H14F2N2O3/c1-7-3-8(2)16(6-7)13(18)9-4-10(14)11(15)5-12(9)17(19)20/h4-5,7-8H,3,6H2,1-2H3. The SMILES string of the molecule is CC1CC(C)N(C(=O)c2cc(F)c(F)cc2[N+](=O)[O-])C1. The van der Waals surface area contributed by atoms with Crippen LogP contribution in [0.25, 0.3) is 0 Å². The van der Waals surface area contributed by atoms with Crippen LogP contribution in [0.5, 0.6) is 0 Å².